The Kier molecular flexibility index (Phi) is 14.1. The Morgan fingerprint density at radius 3 is 1.90 bits per heavy atom. The number of imidazole rings is 1. The lowest BCUT2D eigenvalue weighted by atomic mass is 9.98. The van der Waals surface area contributed by atoms with Gasteiger partial charge < -0.3 is 34.4 Å². The third kappa shape index (κ3) is 10.5. The summed E-state index contributed by atoms with van der Waals surface area (Å²) >= 11 is 0. The molecule has 0 aliphatic carbocycles. The van der Waals surface area contributed by atoms with Gasteiger partial charge >= 0.3 is 12.1 Å². The number of carbonyl (C=O) groups excluding carboxylic acids is 2. The predicted molar refractivity (Wildman–Crippen MR) is 262 cm³/mol. The van der Waals surface area contributed by atoms with Gasteiger partial charge in [-0.25, -0.2) is 31.4 Å². The molecule has 1 fully saturated rings. The molecule has 2 atom stereocenters. The molecule has 8 rings (SSSR count). The summed E-state index contributed by atoms with van der Waals surface area (Å²) in [6.07, 6.45) is -1.40. The number of H-pyrrole nitrogens is 1. The highest BCUT2D eigenvalue weighted by atomic mass is 32.2. The number of nitrogen functional groups attached to an aromatic ring is 1. The maximum absolute atomic E-state index is 16.3. The molecule has 3 heterocycles. The fourth-order valence-electron chi connectivity index (χ4n) is 8.37. The molecule has 0 unspecified atom stereocenters. The third-order valence-electron chi connectivity index (χ3n) is 11.8. The molecule has 0 bridgehead atoms. The Morgan fingerprint density at radius 2 is 1.35 bits per heavy atom. The van der Waals surface area contributed by atoms with E-state index in [9.17, 15) is 9.59 Å². The topological polar surface area (TPSA) is 253 Å². The van der Waals surface area contributed by atoms with Crippen LogP contribution in [-0.2, 0) is 53.8 Å². The quantitative estimate of drug-likeness (QED) is 0.101. The van der Waals surface area contributed by atoms with Gasteiger partial charge in [-0.05, 0) is 103 Å². The number of tetrazole rings is 1. The van der Waals surface area contributed by atoms with Crippen LogP contribution in [-0.4, -0.2) is 120 Å². The molecular weight excluding hydrogens is 955 g/mol. The maximum atomic E-state index is 16.3. The summed E-state index contributed by atoms with van der Waals surface area (Å²) in [4.78, 5) is 35.5. The lowest BCUT2D eigenvalue weighted by molar-refractivity contribution is -0.145. The number of sulfonamides is 1. The number of para-hydroxylation sites is 1. The van der Waals surface area contributed by atoms with Crippen molar-refractivity contribution in [3.63, 3.8) is 0 Å². The fraction of sp³-hybridized carbons (Fsp3) is 0.306. The van der Waals surface area contributed by atoms with Gasteiger partial charge in [0.15, 0.2) is 15.8 Å². The summed E-state index contributed by atoms with van der Waals surface area (Å²) in [6, 6.07) is 27.1. The molecule has 71 heavy (non-hydrogen) atoms. The minimum Gasteiger partial charge on any atom is -0.497 e. The van der Waals surface area contributed by atoms with Crippen LogP contribution in [0.15, 0.2) is 113 Å². The van der Waals surface area contributed by atoms with E-state index in [1.165, 1.54) is 31.1 Å². The van der Waals surface area contributed by atoms with Crippen molar-refractivity contribution in [1.82, 2.24) is 39.4 Å². The van der Waals surface area contributed by atoms with Gasteiger partial charge in [0, 0.05) is 25.2 Å². The Hall–Kier alpha value is -7.56. The van der Waals surface area contributed by atoms with Crippen LogP contribution in [0.3, 0.4) is 0 Å². The van der Waals surface area contributed by atoms with E-state index in [1.807, 2.05) is 0 Å². The highest BCUT2D eigenvalue weighted by Gasteiger charge is 2.49. The molecule has 0 saturated carbocycles. The van der Waals surface area contributed by atoms with Crippen molar-refractivity contribution < 1.29 is 50.1 Å². The van der Waals surface area contributed by atoms with Gasteiger partial charge in [-0.1, -0.05) is 54.6 Å². The minimum absolute atomic E-state index is 0.0747. The maximum Gasteiger partial charge on any atom is 0.411 e. The molecule has 0 spiro atoms. The van der Waals surface area contributed by atoms with Gasteiger partial charge in [-0.15, -0.1) is 10.2 Å². The number of aromatic nitrogens is 6. The van der Waals surface area contributed by atoms with E-state index in [1.54, 1.807) is 119 Å². The van der Waals surface area contributed by atoms with E-state index in [0.29, 0.717) is 45.0 Å². The number of ether oxygens (including phenoxy) is 5. The number of rotatable bonds is 16. The average Bonchev–Trinajstić information content (AvgIpc) is 4.12. The van der Waals surface area contributed by atoms with E-state index < -0.39 is 71.6 Å². The number of methoxy groups -OCH3 is 4. The molecule has 1 aliphatic heterocycles. The van der Waals surface area contributed by atoms with Crippen molar-refractivity contribution in [2.75, 3.05) is 40.7 Å². The highest BCUT2D eigenvalue weighted by molar-refractivity contribution is 7.94. The number of benzene rings is 5. The van der Waals surface area contributed by atoms with E-state index in [4.69, 9.17) is 34.5 Å². The third-order valence-corrected chi connectivity index (χ3v) is 16.0. The van der Waals surface area contributed by atoms with Crippen LogP contribution in [0.25, 0.3) is 33.5 Å². The van der Waals surface area contributed by atoms with Crippen molar-refractivity contribution in [3.05, 3.63) is 120 Å². The molecule has 22 heteroatoms. The standard InChI is InChI=1S/C49H53N9O11S2/c1-49(2,3)69-48(60)57-29-36(25-40(57)46(59)68-7)70(61,62)41-24-23-37(38-9-8-10-39-43(38)52-47(50)51-39)42(45-53-55-58(54-45)28-32-15-21-35(67-6)22-16-32)44(41)71(63,64)56(26-30-11-17-33(65-4)18-12-30)27-31-13-19-34(66-5)20-14-31/h8-24,36,40H,25-29H2,1-7H3,(H3,50,51,52)/t36-,40+/m1/s1. The number of aromatic amines is 1. The largest absolute Gasteiger partial charge is 0.497 e. The number of amides is 1. The number of nitrogens with zero attached hydrogens (tertiary/aromatic N) is 7. The van der Waals surface area contributed by atoms with Gasteiger partial charge in [0.05, 0.1) is 61.7 Å². The number of hydrogen-bond donors (Lipinski definition) is 2. The first kappa shape index (κ1) is 49.8. The van der Waals surface area contributed by atoms with E-state index >= 15 is 16.8 Å². The number of anilines is 1. The van der Waals surface area contributed by atoms with Crippen LogP contribution in [0.2, 0.25) is 0 Å². The smallest absolute Gasteiger partial charge is 0.411 e. The van der Waals surface area contributed by atoms with Crippen molar-refractivity contribution in [1.29, 1.82) is 0 Å². The number of fused-ring (bicyclic) bond motifs is 1. The van der Waals surface area contributed by atoms with Crippen LogP contribution in [0.4, 0.5) is 10.7 Å². The van der Waals surface area contributed by atoms with E-state index in [-0.39, 0.29) is 42.5 Å². The summed E-state index contributed by atoms with van der Waals surface area (Å²) < 4.78 is 92.0. The first-order chi connectivity index (χ1) is 33.8. The Bertz CT molecular complexity index is 3250. The molecule has 5 aromatic carbocycles. The SMILES string of the molecule is COC(=O)[C@@H]1C[C@@H](S(=O)(=O)c2ccc(-c3cccc4[nH]c(N)nc34)c(-c3nnn(Cc4ccc(OC)cc4)n3)c2S(=O)(=O)N(Cc2ccc(OC)cc2)Cc2ccc(OC)cc2)CN1C(=O)OC(C)(C)C. The monoisotopic (exact) mass is 1010 g/mol. The number of esters is 1. The second-order valence-electron chi connectivity index (χ2n) is 17.7. The second-order valence-corrected chi connectivity index (χ2v) is 21.7. The van der Waals surface area contributed by atoms with Crippen LogP contribution in [0, 0.1) is 0 Å². The lowest BCUT2D eigenvalue weighted by Gasteiger charge is -2.27. The zero-order chi connectivity index (χ0) is 50.8. The number of likely N-dealkylation sites (tertiary alicyclic amines) is 1. The molecule has 372 valence electrons. The van der Waals surface area contributed by atoms with Crippen LogP contribution < -0.4 is 19.9 Å². The van der Waals surface area contributed by atoms with Gasteiger partial charge in [0.25, 0.3) is 0 Å². The van der Waals surface area contributed by atoms with Crippen molar-refractivity contribution >= 4 is 48.9 Å². The van der Waals surface area contributed by atoms with Gasteiger partial charge in [-0.3, -0.25) is 4.90 Å². The van der Waals surface area contributed by atoms with Gasteiger partial charge in [0.2, 0.25) is 15.8 Å². The molecule has 20 nitrogen and oxygen atoms in total. The van der Waals surface area contributed by atoms with Crippen LogP contribution in [0.1, 0.15) is 43.9 Å². The number of hydrogen-bond acceptors (Lipinski definition) is 16. The van der Waals surface area contributed by atoms with Gasteiger partial charge in [-0.2, -0.15) is 9.10 Å². The molecule has 7 aromatic rings. The number of carbonyl (C=O) groups is 2. The van der Waals surface area contributed by atoms with Crippen molar-refractivity contribution in [2.24, 2.45) is 0 Å². The molecule has 1 saturated heterocycles. The number of nitrogens with two attached hydrogens (primary N) is 1. The Balaban J connectivity index is 1.40. The molecule has 2 aromatic heterocycles. The predicted octanol–water partition coefficient (Wildman–Crippen LogP) is 6.26. The first-order valence-corrected chi connectivity index (χ1v) is 25.2. The molecular formula is C49H53N9O11S2. The highest BCUT2D eigenvalue weighted by Crippen LogP contribution is 2.45. The molecule has 1 amide bonds. The van der Waals surface area contributed by atoms with E-state index in [2.05, 4.69) is 20.3 Å². The van der Waals surface area contributed by atoms with Crippen molar-refractivity contribution in [2.45, 2.75) is 73.5 Å². The van der Waals surface area contributed by atoms with Gasteiger partial charge in [0.1, 0.15) is 33.8 Å². The van der Waals surface area contributed by atoms with Crippen LogP contribution >= 0.6 is 0 Å². The zero-order valence-electron chi connectivity index (χ0n) is 40.0. The molecule has 1 aliphatic rings. The summed E-state index contributed by atoms with van der Waals surface area (Å²) in [5.74, 6) is 0.627. The second kappa shape index (κ2) is 20.0. The number of nitrogens with one attached hydrogen (secondary N) is 1. The Labute approximate surface area is 410 Å². The normalized spacial score (nSPS) is 15.2. The lowest BCUT2D eigenvalue weighted by Crippen LogP contribution is -2.44. The summed E-state index contributed by atoms with van der Waals surface area (Å²) in [6.45, 7) is 3.91. The Morgan fingerprint density at radius 1 is 0.775 bits per heavy atom. The molecule has 3 N–H and O–H groups in total. The van der Waals surface area contributed by atoms with Crippen LogP contribution in [0.5, 0.6) is 17.2 Å². The summed E-state index contributed by atoms with van der Waals surface area (Å²) in [5, 5.41) is 12.0. The number of sulfone groups is 1. The van der Waals surface area contributed by atoms with Crippen molar-refractivity contribution in [3.8, 4) is 39.8 Å². The fourth-order valence-corrected chi connectivity index (χ4v) is 12.5. The summed E-state index contributed by atoms with van der Waals surface area (Å²) in [7, 11) is -4.26. The zero-order valence-corrected chi connectivity index (χ0v) is 41.7. The molecule has 0 radical (unpaired) electrons. The first-order valence-electron chi connectivity index (χ1n) is 22.2. The summed E-state index contributed by atoms with van der Waals surface area (Å²) in [5.41, 5.74) is 8.15. The minimum atomic E-state index is -5.06. The average molecular weight is 1010 g/mol. The van der Waals surface area contributed by atoms with E-state index in [0.717, 1.165) is 21.9 Å².